The van der Waals surface area contributed by atoms with E-state index in [1.54, 1.807) is 36.4 Å². The van der Waals surface area contributed by atoms with Crippen LogP contribution in [0.2, 0.25) is 0 Å². The SMILES string of the molecule is CN(CC(=O)N[C@@H](Cc1ccccc1)C(=O)NCC(=O)NCC(=O)O)C(=O)CCc1ccc(O)cc1. The lowest BCUT2D eigenvalue weighted by molar-refractivity contribution is -0.138. The summed E-state index contributed by atoms with van der Waals surface area (Å²) in [6, 6.07) is 14.4. The number of benzene rings is 2. The molecule has 0 bridgehead atoms. The van der Waals surface area contributed by atoms with Crippen molar-refractivity contribution < 1.29 is 34.2 Å². The quantitative estimate of drug-likeness (QED) is 0.256. The van der Waals surface area contributed by atoms with E-state index in [2.05, 4.69) is 16.0 Å². The van der Waals surface area contributed by atoms with E-state index in [1.807, 2.05) is 6.07 Å². The molecule has 0 radical (unpaired) electrons. The largest absolute Gasteiger partial charge is 0.508 e. The van der Waals surface area contributed by atoms with Crippen molar-refractivity contribution in [2.24, 2.45) is 0 Å². The number of carbonyl (C=O) groups is 5. The molecule has 0 aliphatic rings. The monoisotopic (exact) mass is 498 g/mol. The molecule has 192 valence electrons. The number of aryl methyl sites for hydroxylation is 1. The Bertz CT molecular complexity index is 1060. The maximum Gasteiger partial charge on any atom is 0.322 e. The van der Waals surface area contributed by atoms with E-state index in [0.717, 1.165) is 11.1 Å². The highest BCUT2D eigenvalue weighted by Crippen LogP contribution is 2.11. The highest BCUT2D eigenvalue weighted by Gasteiger charge is 2.23. The van der Waals surface area contributed by atoms with Crippen LogP contribution in [0.15, 0.2) is 54.6 Å². The number of aromatic hydroxyl groups is 1. The Labute approximate surface area is 208 Å². The number of aliphatic carboxylic acids is 1. The number of likely N-dealkylation sites (N-methyl/N-ethyl adjacent to an activating group) is 1. The third-order valence-corrected chi connectivity index (χ3v) is 5.16. The first kappa shape index (κ1) is 27.8. The van der Waals surface area contributed by atoms with Gasteiger partial charge in [-0.2, -0.15) is 0 Å². The third kappa shape index (κ3) is 10.2. The molecule has 1 atom stereocenters. The minimum Gasteiger partial charge on any atom is -0.508 e. The summed E-state index contributed by atoms with van der Waals surface area (Å²) in [5.74, 6) is -3.22. The molecule has 2 rings (SSSR count). The summed E-state index contributed by atoms with van der Waals surface area (Å²) in [6.45, 7) is -1.30. The smallest absolute Gasteiger partial charge is 0.322 e. The van der Waals surface area contributed by atoms with Crippen molar-refractivity contribution >= 4 is 29.6 Å². The van der Waals surface area contributed by atoms with Gasteiger partial charge in [0.25, 0.3) is 0 Å². The van der Waals surface area contributed by atoms with E-state index in [1.165, 1.54) is 24.1 Å². The number of nitrogens with zero attached hydrogens (tertiary/aromatic N) is 1. The Hall–Kier alpha value is -4.41. The van der Waals surface area contributed by atoms with Crippen LogP contribution in [0.1, 0.15) is 17.5 Å². The number of carboxylic acids is 1. The summed E-state index contributed by atoms with van der Waals surface area (Å²) < 4.78 is 0. The van der Waals surface area contributed by atoms with Gasteiger partial charge in [0.2, 0.25) is 23.6 Å². The van der Waals surface area contributed by atoms with Crippen molar-refractivity contribution in [3.8, 4) is 5.75 Å². The Morgan fingerprint density at radius 2 is 1.53 bits per heavy atom. The lowest BCUT2D eigenvalue weighted by Gasteiger charge is -2.21. The molecule has 0 aliphatic heterocycles. The van der Waals surface area contributed by atoms with Gasteiger partial charge in [-0.3, -0.25) is 24.0 Å². The van der Waals surface area contributed by atoms with E-state index in [9.17, 15) is 29.1 Å². The minimum absolute atomic E-state index is 0.133. The molecular weight excluding hydrogens is 468 g/mol. The average Bonchev–Trinajstić information content (AvgIpc) is 2.85. The fourth-order valence-electron chi connectivity index (χ4n) is 3.23. The van der Waals surface area contributed by atoms with Gasteiger partial charge in [-0.25, -0.2) is 0 Å². The fourth-order valence-corrected chi connectivity index (χ4v) is 3.23. The second-order valence-corrected chi connectivity index (χ2v) is 8.11. The van der Waals surface area contributed by atoms with Gasteiger partial charge in [0.1, 0.15) is 18.3 Å². The molecule has 0 spiro atoms. The van der Waals surface area contributed by atoms with Crippen LogP contribution in [-0.2, 0) is 36.8 Å². The fraction of sp³-hybridized carbons (Fsp3) is 0.320. The number of carboxylic acid groups (broad SMARTS) is 1. The second-order valence-electron chi connectivity index (χ2n) is 8.11. The number of hydrogen-bond donors (Lipinski definition) is 5. The second kappa shape index (κ2) is 14.1. The topological polar surface area (TPSA) is 165 Å². The number of phenols is 1. The number of amides is 4. The van der Waals surface area contributed by atoms with Crippen LogP contribution in [0.4, 0.5) is 0 Å². The van der Waals surface area contributed by atoms with Crippen molar-refractivity contribution in [1.29, 1.82) is 0 Å². The number of phenolic OH excluding ortho intramolecular Hbond substituents is 1. The molecule has 0 saturated carbocycles. The van der Waals surface area contributed by atoms with Gasteiger partial charge in [-0.15, -0.1) is 0 Å². The first-order valence-corrected chi connectivity index (χ1v) is 11.3. The molecular formula is C25H30N4O7. The Kier molecular flexibility index (Phi) is 10.9. The van der Waals surface area contributed by atoms with Crippen molar-refractivity contribution in [2.45, 2.75) is 25.3 Å². The highest BCUT2D eigenvalue weighted by molar-refractivity contribution is 5.92. The summed E-state index contributed by atoms with van der Waals surface area (Å²) in [5, 5.41) is 25.1. The number of rotatable bonds is 13. The van der Waals surface area contributed by atoms with Gasteiger partial charge in [-0.1, -0.05) is 42.5 Å². The first-order valence-electron chi connectivity index (χ1n) is 11.3. The Balaban J connectivity index is 1.92. The van der Waals surface area contributed by atoms with E-state index < -0.39 is 42.8 Å². The minimum atomic E-state index is -1.22. The summed E-state index contributed by atoms with van der Waals surface area (Å²) in [7, 11) is 1.48. The molecule has 2 aromatic carbocycles. The van der Waals surface area contributed by atoms with Crippen molar-refractivity contribution in [3.63, 3.8) is 0 Å². The zero-order valence-corrected chi connectivity index (χ0v) is 19.9. The lowest BCUT2D eigenvalue weighted by atomic mass is 10.1. The standard InChI is InChI=1S/C25H30N4O7/c1-29(23(33)12-9-17-7-10-19(30)11-8-17)16-22(32)28-20(13-18-5-3-2-4-6-18)25(36)27-14-21(31)26-15-24(34)35/h2-8,10-11,20,30H,9,12-16H2,1H3,(H,26,31)(H,27,36)(H,28,32)(H,34,35)/t20-/m0/s1. The normalized spacial score (nSPS) is 11.1. The van der Waals surface area contributed by atoms with Crippen molar-refractivity contribution in [2.75, 3.05) is 26.7 Å². The van der Waals surface area contributed by atoms with E-state index in [0.29, 0.717) is 6.42 Å². The average molecular weight is 499 g/mol. The Morgan fingerprint density at radius 3 is 2.17 bits per heavy atom. The molecule has 36 heavy (non-hydrogen) atoms. The summed E-state index contributed by atoms with van der Waals surface area (Å²) >= 11 is 0. The van der Waals surface area contributed by atoms with Crippen LogP contribution in [-0.4, -0.2) is 77.4 Å². The third-order valence-electron chi connectivity index (χ3n) is 5.16. The zero-order valence-electron chi connectivity index (χ0n) is 19.9. The number of hydrogen-bond acceptors (Lipinski definition) is 6. The predicted octanol–water partition coefficient (Wildman–Crippen LogP) is -0.172. The number of nitrogens with one attached hydrogen (secondary N) is 3. The molecule has 0 saturated heterocycles. The van der Waals surface area contributed by atoms with Crippen LogP contribution < -0.4 is 16.0 Å². The Morgan fingerprint density at radius 1 is 0.861 bits per heavy atom. The van der Waals surface area contributed by atoms with E-state index in [-0.39, 0.29) is 31.0 Å². The van der Waals surface area contributed by atoms with Crippen LogP contribution in [0.3, 0.4) is 0 Å². The zero-order chi connectivity index (χ0) is 26.5. The van der Waals surface area contributed by atoms with Crippen molar-refractivity contribution in [1.82, 2.24) is 20.9 Å². The first-order chi connectivity index (χ1) is 17.1. The maximum atomic E-state index is 12.7. The summed E-state index contributed by atoms with van der Waals surface area (Å²) in [6.07, 6.45) is 0.746. The van der Waals surface area contributed by atoms with E-state index >= 15 is 0 Å². The summed E-state index contributed by atoms with van der Waals surface area (Å²) in [4.78, 5) is 61.3. The summed E-state index contributed by atoms with van der Waals surface area (Å²) in [5.41, 5.74) is 1.64. The predicted molar refractivity (Wildman–Crippen MR) is 130 cm³/mol. The molecule has 5 N–H and O–H groups in total. The van der Waals surface area contributed by atoms with Crippen LogP contribution in [0, 0.1) is 0 Å². The van der Waals surface area contributed by atoms with Crippen LogP contribution in [0.25, 0.3) is 0 Å². The van der Waals surface area contributed by atoms with Crippen LogP contribution >= 0.6 is 0 Å². The molecule has 4 amide bonds. The van der Waals surface area contributed by atoms with Gasteiger partial charge in [0.15, 0.2) is 0 Å². The molecule has 0 unspecified atom stereocenters. The lowest BCUT2D eigenvalue weighted by Crippen LogP contribution is -2.52. The molecule has 0 heterocycles. The molecule has 2 aromatic rings. The highest BCUT2D eigenvalue weighted by atomic mass is 16.4. The molecule has 11 nitrogen and oxygen atoms in total. The van der Waals surface area contributed by atoms with Gasteiger partial charge in [0, 0.05) is 19.9 Å². The molecule has 11 heteroatoms. The molecule has 0 aromatic heterocycles. The van der Waals surface area contributed by atoms with Gasteiger partial charge in [0.05, 0.1) is 13.1 Å². The maximum absolute atomic E-state index is 12.7. The van der Waals surface area contributed by atoms with Gasteiger partial charge < -0.3 is 31.1 Å². The molecule has 0 fully saturated rings. The molecule has 0 aliphatic carbocycles. The number of carbonyl (C=O) groups excluding carboxylic acids is 4. The van der Waals surface area contributed by atoms with Gasteiger partial charge >= 0.3 is 5.97 Å². The van der Waals surface area contributed by atoms with Crippen LogP contribution in [0.5, 0.6) is 5.75 Å². The van der Waals surface area contributed by atoms with Gasteiger partial charge in [-0.05, 0) is 29.7 Å². The van der Waals surface area contributed by atoms with Crippen molar-refractivity contribution in [3.05, 3.63) is 65.7 Å². The van der Waals surface area contributed by atoms with E-state index in [4.69, 9.17) is 5.11 Å².